The van der Waals surface area contributed by atoms with E-state index in [-0.39, 0.29) is 10.7 Å². The van der Waals surface area contributed by atoms with E-state index >= 15 is 0 Å². The molecular formula is C17H20N2O7S. The Kier molecular flexibility index (Phi) is 5.08. The number of aromatic nitrogens is 2. The number of carbonyl (C=O) groups is 1. The summed E-state index contributed by atoms with van der Waals surface area (Å²) in [5.74, 6) is -1.38. The third-order valence-corrected chi connectivity index (χ3v) is 5.73. The van der Waals surface area contributed by atoms with Crippen LogP contribution in [0, 0.1) is 0 Å². The largest absolute Gasteiger partial charge is 0.480 e. The van der Waals surface area contributed by atoms with Gasteiger partial charge >= 0.3 is 5.97 Å². The van der Waals surface area contributed by atoms with Gasteiger partial charge in [-0.05, 0) is 30.5 Å². The molecule has 1 aromatic carbocycles. The molecule has 2 heterocycles. The number of aryl methyl sites for hydroxylation is 2. The van der Waals surface area contributed by atoms with Crippen LogP contribution in [-0.2, 0) is 27.5 Å². The maximum atomic E-state index is 11.6. The lowest BCUT2D eigenvalue weighted by molar-refractivity contribution is -0.156. The summed E-state index contributed by atoms with van der Waals surface area (Å²) in [6.45, 7) is 0. The number of carboxylic acids is 1. The molecule has 27 heavy (non-hydrogen) atoms. The molecule has 4 N–H and O–H groups in total. The minimum Gasteiger partial charge on any atom is -0.480 e. The minimum atomic E-state index is -3.32. The monoisotopic (exact) mass is 396 g/mol. The van der Waals surface area contributed by atoms with Crippen LogP contribution in [0.2, 0.25) is 0 Å². The first-order valence-electron chi connectivity index (χ1n) is 8.23. The van der Waals surface area contributed by atoms with Crippen LogP contribution < -0.4 is 0 Å². The van der Waals surface area contributed by atoms with E-state index in [2.05, 4.69) is 4.98 Å². The number of rotatable bonds is 5. The number of hydrogen-bond donors (Lipinski definition) is 4. The summed E-state index contributed by atoms with van der Waals surface area (Å²) in [5.41, 5.74) is 1.22. The first-order valence-corrected chi connectivity index (χ1v) is 10.1. The molecule has 0 amide bonds. The number of benzene rings is 1. The summed E-state index contributed by atoms with van der Waals surface area (Å²) in [7, 11) is -3.32. The Labute approximate surface area is 155 Å². The van der Waals surface area contributed by atoms with Gasteiger partial charge in [-0.2, -0.15) is 0 Å². The van der Waals surface area contributed by atoms with Gasteiger partial charge in [0, 0.05) is 12.5 Å². The summed E-state index contributed by atoms with van der Waals surface area (Å²) < 4.78 is 24.4. The molecule has 0 saturated heterocycles. The van der Waals surface area contributed by atoms with Gasteiger partial charge in [-0.25, -0.2) is 18.2 Å². The van der Waals surface area contributed by atoms with Crippen LogP contribution in [-0.4, -0.2) is 62.8 Å². The molecule has 1 unspecified atom stereocenters. The molecule has 0 spiro atoms. The molecule has 1 aliphatic heterocycles. The van der Waals surface area contributed by atoms with Gasteiger partial charge in [0.1, 0.15) is 24.1 Å². The van der Waals surface area contributed by atoms with Gasteiger partial charge in [-0.1, -0.05) is 12.1 Å². The first-order chi connectivity index (χ1) is 12.6. The summed E-state index contributed by atoms with van der Waals surface area (Å²) in [5, 5.41) is 39.2. The highest BCUT2D eigenvalue weighted by Crippen LogP contribution is 2.33. The van der Waals surface area contributed by atoms with Gasteiger partial charge in [0.2, 0.25) is 0 Å². The highest BCUT2D eigenvalue weighted by Gasteiger charge is 2.45. The number of sulfone groups is 1. The second-order valence-electron chi connectivity index (χ2n) is 6.63. The first kappa shape index (κ1) is 19.5. The molecule has 0 saturated carbocycles. The fraction of sp³-hybridized carbons (Fsp3) is 0.412. The van der Waals surface area contributed by atoms with E-state index < -0.39 is 40.2 Å². The Balaban J connectivity index is 1.85. The van der Waals surface area contributed by atoms with Crippen molar-refractivity contribution in [1.82, 2.24) is 9.55 Å². The van der Waals surface area contributed by atoms with Gasteiger partial charge in [-0.15, -0.1) is 0 Å². The van der Waals surface area contributed by atoms with E-state index in [4.69, 9.17) is 0 Å². The molecule has 1 aliphatic rings. The van der Waals surface area contributed by atoms with Gasteiger partial charge < -0.3 is 25.0 Å². The molecule has 10 heteroatoms. The fourth-order valence-electron chi connectivity index (χ4n) is 3.18. The second-order valence-corrected chi connectivity index (χ2v) is 8.64. The van der Waals surface area contributed by atoms with Gasteiger partial charge in [0.15, 0.2) is 15.9 Å². The number of fused-ring (bicyclic) bond motifs is 1. The van der Waals surface area contributed by atoms with Crippen molar-refractivity contribution < 1.29 is 33.6 Å². The normalized spacial score (nSPS) is 25.2. The molecule has 4 atom stereocenters. The second kappa shape index (κ2) is 7.04. The Hall–Kier alpha value is -2.27. The Bertz CT molecular complexity index is 969. The van der Waals surface area contributed by atoms with E-state index in [0.29, 0.717) is 18.5 Å². The quantitative estimate of drug-likeness (QED) is 0.527. The number of nitrogens with zero attached hydrogens (tertiary/aromatic N) is 2. The van der Waals surface area contributed by atoms with E-state index in [1.807, 2.05) is 0 Å². The lowest BCUT2D eigenvalue weighted by Gasteiger charge is -2.33. The van der Waals surface area contributed by atoms with E-state index in [1.165, 1.54) is 12.3 Å². The van der Waals surface area contributed by atoms with Crippen molar-refractivity contribution in [2.45, 2.75) is 42.1 Å². The summed E-state index contributed by atoms with van der Waals surface area (Å²) in [6, 6.07) is 5.03. The third-order valence-electron chi connectivity index (χ3n) is 4.62. The number of aliphatic hydroxyl groups is 3. The molecule has 0 bridgehead atoms. The zero-order valence-corrected chi connectivity index (χ0v) is 15.2. The Morgan fingerprint density at radius 1 is 1.19 bits per heavy atom. The average molecular weight is 396 g/mol. The minimum absolute atomic E-state index is 0.0277. The predicted octanol–water partition coefficient (Wildman–Crippen LogP) is -0.534. The SMILES string of the molecule is CS(=O)(=O)c1cccc(CCc2cn3c(n2)[C@H](O)[C@@H](O)[C@H](O)C3C(=O)O)c1. The third kappa shape index (κ3) is 3.74. The number of imidazole rings is 1. The standard InChI is InChI=1S/C17H20N2O7S/c1-27(25,26)11-4-2-3-9(7-11)5-6-10-8-19-12(17(23)24)13(20)14(21)15(22)16(19)18-10/h2-4,7-8,12-15,20-22H,5-6H2,1H3,(H,23,24)/t12?,13-,14+,15-/m1/s1. The smallest absolute Gasteiger partial charge is 0.329 e. The Morgan fingerprint density at radius 2 is 1.89 bits per heavy atom. The zero-order chi connectivity index (χ0) is 19.9. The molecule has 9 nitrogen and oxygen atoms in total. The molecule has 1 aromatic heterocycles. The van der Waals surface area contributed by atoms with Crippen molar-refractivity contribution in [1.29, 1.82) is 0 Å². The van der Waals surface area contributed by atoms with Crippen molar-refractivity contribution in [3.05, 3.63) is 47.5 Å². The van der Waals surface area contributed by atoms with Crippen molar-refractivity contribution in [2.24, 2.45) is 0 Å². The van der Waals surface area contributed by atoms with Crippen molar-refractivity contribution in [2.75, 3.05) is 6.26 Å². The van der Waals surface area contributed by atoms with Crippen LogP contribution in [0.4, 0.5) is 0 Å². The summed E-state index contributed by atoms with van der Waals surface area (Å²) in [4.78, 5) is 15.8. The number of aliphatic hydroxyl groups excluding tert-OH is 3. The van der Waals surface area contributed by atoms with Crippen LogP contribution in [0.5, 0.6) is 0 Å². The molecule has 0 radical (unpaired) electrons. The topological polar surface area (TPSA) is 150 Å². The van der Waals surface area contributed by atoms with Crippen molar-refractivity contribution in [3.63, 3.8) is 0 Å². The van der Waals surface area contributed by atoms with Gasteiger partial charge in [0.05, 0.1) is 10.6 Å². The fourth-order valence-corrected chi connectivity index (χ4v) is 3.87. The van der Waals surface area contributed by atoms with Crippen molar-refractivity contribution in [3.8, 4) is 0 Å². The molecule has 0 fully saturated rings. The maximum Gasteiger partial charge on any atom is 0.329 e. The van der Waals surface area contributed by atoms with Crippen LogP contribution in [0.3, 0.4) is 0 Å². The molecular weight excluding hydrogens is 376 g/mol. The number of aliphatic carboxylic acids is 1. The van der Waals surface area contributed by atoms with E-state index in [9.17, 15) is 33.6 Å². The Morgan fingerprint density at radius 3 is 2.52 bits per heavy atom. The average Bonchev–Trinajstić information content (AvgIpc) is 3.01. The van der Waals surface area contributed by atoms with Crippen LogP contribution in [0.25, 0.3) is 0 Å². The molecule has 0 aliphatic carbocycles. The van der Waals surface area contributed by atoms with E-state index in [1.54, 1.807) is 18.2 Å². The molecule has 146 valence electrons. The summed E-state index contributed by atoms with van der Waals surface area (Å²) in [6.07, 6.45) is -1.47. The summed E-state index contributed by atoms with van der Waals surface area (Å²) >= 11 is 0. The molecule has 3 rings (SSSR count). The van der Waals surface area contributed by atoms with Gasteiger partial charge in [-0.3, -0.25) is 0 Å². The molecule has 2 aromatic rings. The van der Waals surface area contributed by atoms with Crippen molar-refractivity contribution >= 4 is 15.8 Å². The van der Waals surface area contributed by atoms with Crippen LogP contribution in [0.1, 0.15) is 29.2 Å². The lowest BCUT2D eigenvalue weighted by atomic mass is 9.96. The maximum absolute atomic E-state index is 11.6. The number of hydrogen-bond acceptors (Lipinski definition) is 7. The highest BCUT2D eigenvalue weighted by molar-refractivity contribution is 7.90. The van der Waals surface area contributed by atoms with Crippen LogP contribution in [0.15, 0.2) is 35.4 Å². The lowest BCUT2D eigenvalue weighted by Crippen LogP contribution is -2.47. The zero-order valence-electron chi connectivity index (χ0n) is 14.4. The van der Waals surface area contributed by atoms with Gasteiger partial charge in [0.25, 0.3) is 0 Å². The van der Waals surface area contributed by atoms with E-state index in [0.717, 1.165) is 16.4 Å². The highest BCUT2D eigenvalue weighted by atomic mass is 32.2. The van der Waals surface area contributed by atoms with Crippen LogP contribution >= 0.6 is 0 Å². The number of carboxylic acid groups (broad SMARTS) is 1. The predicted molar refractivity (Wildman–Crippen MR) is 92.8 cm³/mol.